The fraction of sp³-hybridized carbons (Fsp3) is 0.438. The van der Waals surface area contributed by atoms with Crippen molar-refractivity contribution in [3.63, 3.8) is 0 Å². The molecule has 0 radical (unpaired) electrons. The van der Waals surface area contributed by atoms with Gasteiger partial charge < -0.3 is 24.6 Å². The first kappa shape index (κ1) is 20.5. The lowest BCUT2D eigenvalue weighted by atomic mass is 10.1. The summed E-state index contributed by atoms with van der Waals surface area (Å²) in [6, 6.07) is -0.548. The van der Waals surface area contributed by atoms with E-state index >= 15 is 0 Å². The molecule has 0 aromatic carbocycles. The summed E-state index contributed by atoms with van der Waals surface area (Å²) < 4.78 is 14.6. The Labute approximate surface area is 159 Å². The van der Waals surface area contributed by atoms with Crippen molar-refractivity contribution in [2.75, 3.05) is 20.8 Å². The predicted molar refractivity (Wildman–Crippen MR) is 94.1 cm³/mol. The first-order valence-electron chi connectivity index (χ1n) is 7.93. The lowest BCUT2D eigenvalue weighted by Gasteiger charge is -2.21. The summed E-state index contributed by atoms with van der Waals surface area (Å²) in [7, 11) is 2.61. The van der Waals surface area contributed by atoms with Gasteiger partial charge in [-0.2, -0.15) is 0 Å². The highest BCUT2D eigenvalue weighted by molar-refractivity contribution is 7.07. The van der Waals surface area contributed by atoms with Crippen LogP contribution >= 0.6 is 11.3 Å². The zero-order valence-corrected chi connectivity index (χ0v) is 15.9. The Balaban J connectivity index is 2.06. The molecule has 2 heterocycles. The minimum Gasteiger partial charge on any atom is -0.467 e. The van der Waals surface area contributed by atoms with E-state index in [2.05, 4.69) is 20.8 Å². The number of hydrogen-bond donors (Lipinski definition) is 2. The van der Waals surface area contributed by atoms with Gasteiger partial charge in [0.05, 0.1) is 24.9 Å². The smallest absolute Gasteiger partial charge is 0.328 e. The minimum atomic E-state index is -1.04. The van der Waals surface area contributed by atoms with Crippen molar-refractivity contribution in [2.24, 2.45) is 0 Å². The summed E-state index contributed by atoms with van der Waals surface area (Å²) in [5, 5.41) is 10.4. The van der Waals surface area contributed by atoms with Crippen molar-refractivity contribution in [3.8, 4) is 0 Å². The second-order valence-corrected chi connectivity index (χ2v) is 6.29. The van der Waals surface area contributed by atoms with Crippen LogP contribution in [-0.4, -0.2) is 60.8 Å². The van der Waals surface area contributed by atoms with E-state index in [0.717, 1.165) is 0 Å². The number of esters is 1. The van der Waals surface area contributed by atoms with E-state index in [-0.39, 0.29) is 18.7 Å². The number of hydrogen-bond acceptors (Lipinski definition) is 9. The molecule has 146 valence electrons. The van der Waals surface area contributed by atoms with Gasteiger partial charge in [-0.15, -0.1) is 11.3 Å². The SMILES string of the molecule is COC[C@H](NC(=O)c1cc(C)on1)C(=O)N[C@@H](Cc1cscn1)C(=O)OC. The van der Waals surface area contributed by atoms with E-state index in [4.69, 9.17) is 14.0 Å². The van der Waals surface area contributed by atoms with Crippen LogP contribution in [0.15, 0.2) is 21.5 Å². The molecule has 11 heteroatoms. The molecule has 0 spiro atoms. The van der Waals surface area contributed by atoms with Crippen LogP contribution in [0.5, 0.6) is 0 Å². The summed E-state index contributed by atoms with van der Waals surface area (Å²) in [5.74, 6) is -1.36. The molecule has 27 heavy (non-hydrogen) atoms. The molecular weight excluding hydrogens is 376 g/mol. The van der Waals surface area contributed by atoms with E-state index in [1.54, 1.807) is 17.8 Å². The zero-order valence-electron chi connectivity index (χ0n) is 15.1. The number of aromatic nitrogens is 2. The van der Waals surface area contributed by atoms with Gasteiger partial charge >= 0.3 is 5.97 Å². The third-order valence-electron chi connectivity index (χ3n) is 3.51. The summed E-state index contributed by atoms with van der Waals surface area (Å²) in [6.07, 6.45) is 0.165. The highest BCUT2D eigenvalue weighted by Crippen LogP contribution is 2.07. The number of methoxy groups -OCH3 is 2. The van der Waals surface area contributed by atoms with Crippen LogP contribution in [0.4, 0.5) is 0 Å². The van der Waals surface area contributed by atoms with E-state index in [1.807, 2.05) is 0 Å². The lowest BCUT2D eigenvalue weighted by Crippen LogP contribution is -2.54. The monoisotopic (exact) mass is 396 g/mol. The number of carbonyl (C=O) groups is 3. The molecule has 0 aliphatic carbocycles. The quantitative estimate of drug-likeness (QED) is 0.570. The molecule has 0 aliphatic rings. The molecule has 0 bridgehead atoms. The van der Waals surface area contributed by atoms with E-state index in [0.29, 0.717) is 11.5 Å². The van der Waals surface area contributed by atoms with Crippen LogP contribution in [0.1, 0.15) is 21.9 Å². The Kier molecular flexibility index (Phi) is 7.44. The number of aryl methyl sites for hydroxylation is 1. The molecule has 10 nitrogen and oxygen atoms in total. The van der Waals surface area contributed by atoms with Gasteiger partial charge in [0.25, 0.3) is 5.91 Å². The van der Waals surface area contributed by atoms with Gasteiger partial charge in [-0.05, 0) is 6.92 Å². The third-order valence-corrected chi connectivity index (χ3v) is 4.15. The first-order chi connectivity index (χ1) is 12.9. The maximum Gasteiger partial charge on any atom is 0.328 e. The number of amides is 2. The highest BCUT2D eigenvalue weighted by atomic mass is 32.1. The van der Waals surface area contributed by atoms with Crippen LogP contribution in [0.3, 0.4) is 0 Å². The zero-order chi connectivity index (χ0) is 19.8. The summed E-state index contributed by atoms with van der Waals surface area (Å²) >= 11 is 1.37. The molecule has 2 aromatic rings. The van der Waals surface area contributed by atoms with Crippen LogP contribution in [0, 0.1) is 6.92 Å². The second-order valence-electron chi connectivity index (χ2n) is 5.57. The number of nitrogens with zero attached hydrogens (tertiary/aromatic N) is 2. The van der Waals surface area contributed by atoms with Gasteiger partial charge in [-0.3, -0.25) is 9.59 Å². The molecule has 2 atom stereocenters. The Hall–Kier alpha value is -2.79. The Morgan fingerprint density at radius 2 is 2.04 bits per heavy atom. The Morgan fingerprint density at radius 3 is 2.59 bits per heavy atom. The van der Waals surface area contributed by atoms with Crippen molar-refractivity contribution in [3.05, 3.63) is 34.1 Å². The molecule has 2 amide bonds. The van der Waals surface area contributed by atoms with Gasteiger partial charge in [0.2, 0.25) is 5.91 Å². The summed E-state index contributed by atoms with van der Waals surface area (Å²) in [5.41, 5.74) is 2.30. The Morgan fingerprint density at radius 1 is 1.26 bits per heavy atom. The van der Waals surface area contributed by atoms with Crippen LogP contribution in [-0.2, 0) is 25.5 Å². The number of carbonyl (C=O) groups excluding carboxylic acids is 3. The molecule has 0 unspecified atom stereocenters. The first-order valence-corrected chi connectivity index (χ1v) is 8.87. The van der Waals surface area contributed by atoms with Crippen LogP contribution in [0.2, 0.25) is 0 Å². The molecule has 2 N–H and O–H groups in total. The number of rotatable bonds is 9. The largest absolute Gasteiger partial charge is 0.467 e. The Bertz CT molecular complexity index is 776. The van der Waals surface area contributed by atoms with Crippen LogP contribution in [0.25, 0.3) is 0 Å². The molecule has 2 rings (SSSR count). The van der Waals surface area contributed by atoms with E-state index in [9.17, 15) is 14.4 Å². The predicted octanol–water partition coefficient (Wildman–Crippen LogP) is 0.0848. The average Bonchev–Trinajstić information content (AvgIpc) is 3.31. The van der Waals surface area contributed by atoms with E-state index in [1.165, 1.54) is 31.6 Å². The third kappa shape index (κ3) is 5.86. The van der Waals surface area contributed by atoms with Crippen molar-refractivity contribution < 1.29 is 28.4 Å². The highest BCUT2D eigenvalue weighted by Gasteiger charge is 2.28. The van der Waals surface area contributed by atoms with Gasteiger partial charge in [0.15, 0.2) is 5.69 Å². The van der Waals surface area contributed by atoms with Gasteiger partial charge in [0.1, 0.15) is 17.8 Å². The molecular formula is C16H20N4O6S. The molecule has 0 saturated heterocycles. The lowest BCUT2D eigenvalue weighted by molar-refractivity contribution is -0.145. The fourth-order valence-electron chi connectivity index (χ4n) is 2.21. The standard InChI is InChI=1S/C16H20N4O6S/c1-9-4-11(20-26-9)14(21)19-13(6-24-2)15(22)18-12(16(23)25-3)5-10-7-27-8-17-10/h4,7-8,12-13H,5-6H2,1-3H3,(H,18,22)(H,19,21)/t12-,13-/m0/s1. The normalized spacial score (nSPS) is 12.9. The average molecular weight is 396 g/mol. The molecule has 0 saturated carbocycles. The number of nitrogens with one attached hydrogen (secondary N) is 2. The summed E-state index contributed by atoms with van der Waals surface area (Å²) in [6.45, 7) is 1.54. The second kappa shape index (κ2) is 9.78. The van der Waals surface area contributed by atoms with Gasteiger partial charge in [0, 0.05) is 25.0 Å². The summed E-state index contributed by atoms with van der Waals surface area (Å²) in [4.78, 5) is 40.9. The van der Waals surface area contributed by atoms with Gasteiger partial charge in [-0.25, -0.2) is 9.78 Å². The molecule has 0 aliphatic heterocycles. The minimum absolute atomic E-state index is 0.0356. The van der Waals surface area contributed by atoms with E-state index < -0.39 is 29.9 Å². The van der Waals surface area contributed by atoms with Crippen molar-refractivity contribution >= 4 is 29.1 Å². The molecule has 0 fully saturated rings. The maximum absolute atomic E-state index is 12.6. The fourth-order valence-corrected chi connectivity index (χ4v) is 2.78. The number of ether oxygens (including phenoxy) is 2. The molecule has 2 aromatic heterocycles. The topological polar surface area (TPSA) is 133 Å². The van der Waals surface area contributed by atoms with Crippen molar-refractivity contribution in [1.29, 1.82) is 0 Å². The number of thiazole rings is 1. The van der Waals surface area contributed by atoms with Crippen LogP contribution < -0.4 is 10.6 Å². The van der Waals surface area contributed by atoms with Gasteiger partial charge in [-0.1, -0.05) is 5.16 Å². The maximum atomic E-state index is 12.6. The van der Waals surface area contributed by atoms with Crippen molar-refractivity contribution in [2.45, 2.75) is 25.4 Å². The van der Waals surface area contributed by atoms with Crippen molar-refractivity contribution in [1.82, 2.24) is 20.8 Å².